The number of amides is 1. The van der Waals surface area contributed by atoms with E-state index < -0.39 is 0 Å². The van der Waals surface area contributed by atoms with E-state index in [1.54, 1.807) is 0 Å². The number of fused-ring (bicyclic) bond motifs is 1. The van der Waals surface area contributed by atoms with Crippen LogP contribution in [-0.2, 0) is 0 Å². The van der Waals surface area contributed by atoms with Gasteiger partial charge in [-0.05, 0) is 43.2 Å². The molecule has 0 bridgehead atoms. The van der Waals surface area contributed by atoms with Crippen molar-refractivity contribution in [2.45, 2.75) is 31.3 Å². The van der Waals surface area contributed by atoms with Crippen molar-refractivity contribution >= 4 is 11.6 Å². The molecule has 1 aromatic heterocycles. The number of rotatable bonds is 3. The highest BCUT2D eigenvalue weighted by Crippen LogP contribution is 2.32. The van der Waals surface area contributed by atoms with Crippen LogP contribution in [0.15, 0.2) is 42.7 Å². The lowest BCUT2D eigenvalue weighted by atomic mass is 9.97. The summed E-state index contributed by atoms with van der Waals surface area (Å²) in [6.07, 6.45) is 6.34. The topological polar surface area (TPSA) is 71.7 Å². The summed E-state index contributed by atoms with van der Waals surface area (Å²) in [4.78, 5) is 21.3. The van der Waals surface area contributed by atoms with Gasteiger partial charge in [-0.15, -0.1) is 0 Å². The second-order valence-corrected chi connectivity index (χ2v) is 7.34. The second kappa shape index (κ2) is 7.56. The number of anilines is 1. The average molecular weight is 366 g/mol. The van der Waals surface area contributed by atoms with E-state index in [-0.39, 0.29) is 18.0 Å². The Morgan fingerprint density at radius 3 is 2.67 bits per heavy atom. The molecule has 1 unspecified atom stereocenters. The molecule has 0 spiro atoms. The lowest BCUT2D eigenvalue weighted by Crippen LogP contribution is -2.45. The molecule has 0 saturated carbocycles. The molecule has 6 nitrogen and oxygen atoms in total. The SMILES string of the molecule is CN(C(=O)c1ccc2c(c1)C(N)CCO2)C1CCN(c2ccncc2)CC1. The van der Waals surface area contributed by atoms with Crippen LogP contribution in [0.3, 0.4) is 0 Å². The Labute approximate surface area is 159 Å². The van der Waals surface area contributed by atoms with Crippen molar-refractivity contribution in [2.24, 2.45) is 5.73 Å². The number of carbonyl (C=O) groups is 1. The Hall–Kier alpha value is -2.60. The molecule has 2 aromatic rings. The van der Waals surface area contributed by atoms with Gasteiger partial charge in [-0.2, -0.15) is 0 Å². The summed E-state index contributed by atoms with van der Waals surface area (Å²) in [6.45, 7) is 2.52. The molecule has 0 radical (unpaired) electrons. The quantitative estimate of drug-likeness (QED) is 0.904. The number of benzene rings is 1. The molecule has 1 fully saturated rings. The molecule has 2 N–H and O–H groups in total. The number of carbonyl (C=O) groups excluding carboxylic acids is 1. The fourth-order valence-electron chi connectivity index (χ4n) is 3.99. The zero-order chi connectivity index (χ0) is 18.8. The summed E-state index contributed by atoms with van der Waals surface area (Å²) in [6, 6.07) is 9.89. The van der Waals surface area contributed by atoms with Crippen LogP contribution in [0.25, 0.3) is 0 Å². The van der Waals surface area contributed by atoms with Crippen LogP contribution in [0.2, 0.25) is 0 Å². The molecule has 1 aromatic carbocycles. The predicted octanol–water partition coefficient (Wildman–Crippen LogP) is 2.60. The first-order valence-corrected chi connectivity index (χ1v) is 9.58. The molecular weight excluding hydrogens is 340 g/mol. The third-order valence-corrected chi connectivity index (χ3v) is 5.70. The van der Waals surface area contributed by atoms with Crippen LogP contribution in [0.1, 0.15) is 41.2 Å². The number of hydrogen-bond donors (Lipinski definition) is 1. The molecule has 6 heteroatoms. The maximum atomic E-state index is 13.0. The van der Waals surface area contributed by atoms with Crippen molar-refractivity contribution in [1.29, 1.82) is 0 Å². The zero-order valence-electron chi connectivity index (χ0n) is 15.7. The van der Waals surface area contributed by atoms with E-state index >= 15 is 0 Å². The lowest BCUT2D eigenvalue weighted by molar-refractivity contribution is 0.0709. The minimum Gasteiger partial charge on any atom is -0.493 e. The van der Waals surface area contributed by atoms with Crippen LogP contribution in [-0.4, -0.2) is 48.6 Å². The van der Waals surface area contributed by atoms with Gasteiger partial charge in [-0.25, -0.2) is 0 Å². The number of hydrogen-bond acceptors (Lipinski definition) is 5. The molecule has 2 aliphatic rings. The summed E-state index contributed by atoms with van der Waals surface area (Å²) in [5.41, 5.74) is 9.01. The number of piperidine rings is 1. The Morgan fingerprint density at radius 2 is 1.93 bits per heavy atom. The molecule has 142 valence electrons. The highest BCUT2D eigenvalue weighted by molar-refractivity contribution is 5.94. The molecule has 2 aliphatic heterocycles. The molecule has 0 aliphatic carbocycles. The van der Waals surface area contributed by atoms with Crippen LogP contribution < -0.4 is 15.4 Å². The van der Waals surface area contributed by atoms with Gasteiger partial charge in [0.25, 0.3) is 5.91 Å². The molecule has 1 atom stereocenters. The van der Waals surface area contributed by atoms with Crippen LogP contribution in [0.4, 0.5) is 5.69 Å². The largest absolute Gasteiger partial charge is 0.493 e. The third-order valence-electron chi connectivity index (χ3n) is 5.70. The lowest BCUT2D eigenvalue weighted by Gasteiger charge is -2.38. The standard InChI is InChI=1S/C21H26N4O2/c1-24(16-6-11-25(12-7-16)17-4-9-23-10-5-17)21(26)15-2-3-20-18(14-15)19(22)8-13-27-20/h2-5,9-10,14,16,19H,6-8,11-13,22H2,1H3. The predicted molar refractivity (Wildman–Crippen MR) is 105 cm³/mol. The number of pyridine rings is 1. The van der Waals surface area contributed by atoms with Gasteiger partial charge in [0.2, 0.25) is 0 Å². The van der Waals surface area contributed by atoms with Crippen molar-refractivity contribution in [2.75, 3.05) is 31.6 Å². The molecule has 4 rings (SSSR count). The van der Waals surface area contributed by atoms with E-state index in [0.29, 0.717) is 12.2 Å². The Bertz CT molecular complexity index is 803. The van der Waals surface area contributed by atoms with Crippen molar-refractivity contribution in [3.63, 3.8) is 0 Å². The summed E-state index contributed by atoms with van der Waals surface area (Å²) in [5, 5.41) is 0. The Kier molecular flexibility index (Phi) is 4.99. The average Bonchev–Trinajstić information content (AvgIpc) is 2.73. The van der Waals surface area contributed by atoms with E-state index in [9.17, 15) is 4.79 Å². The van der Waals surface area contributed by atoms with Crippen molar-refractivity contribution in [3.05, 3.63) is 53.9 Å². The van der Waals surface area contributed by atoms with Gasteiger partial charge in [0.15, 0.2) is 0 Å². The number of nitrogens with zero attached hydrogens (tertiary/aromatic N) is 3. The fourth-order valence-corrected chi connectivity index (χ4v) is 3.99. The van der Waals surface area contributed by atoms with E-state index in [0.717, 1.165) is 43.7 Å². The van der Waals surface area contributed by atoms with Gasteiger partial charge in [0.05, 0.1) is 6.61 Å². The molecule has 3 heterocycles. The third kappa shape index (κ3) is 3.62. The van der Waals surface area contributed by atoms with E-state index in [1.165, 1.54) is 5.69 Å². The van der Waals surface area contributed by atoms with Gasteiger partial charge in [0, 0.05) is 67.8 Å². The number of aromatic nitrogens is 1. The van der Waals surface area contributed by atoms with Crippen LogP contribution in [0.5, 0.6) is 5.75 Å². The van der Waals surface area contributed by atoms with Crippen molar-refractivity contribution in [3.8, 4) is 5.75 Å². The first-order chi connectivity index (χ1) is 13.1. The van der Waals surface area contributed by atoms with Crippen LogP contribution >= 0.6 is 0 Å². The van der Waals surface area contributed by atoms with E-state index in [2.05, 4.69) is 9.88 Å². The molecular formula is C21H26N4O2. The van der Waals surface area contributed by atoms with Gasteiger partial charge in [-0.1, -0.05) is 0 Å². The van der Waals surface area contributed by atoms with Crippen LogP contribution in [0, 0.1) is 0 Å². The van der Waals surface area contributed by atoms with E-state index in [4.69, 9.17) is 10.5 Å². The highest BCUT2D eigenvalue weighted by Gasteiger charge is 2.27. The minimum atomic E-state index is -0.0598. The first kappa shape index (κ1) is 17.8. The summed E-state index contributed by atoms with van der Waals surface area (Å²) in [5.74, 6) is 0.858. The van der Waals surface area contributed by atoms with Gasteiger partial charge >= 0.3 is 0 Å². The van der Waals surface area contributed by atoms with Crippen molar-refractivity contribution in [1.82, 2.24) is 9.88 Å². The maximum Gasteiger partial charge on any atom is 0.253 e. The monoisotopic (exact) mass is 366 g/mol. The van der Waals surface area contributed by atoms with Gasteiger partial charge < -0.3 is 20.3 Å². The molecule has 1 saturated heterocycles. The first-order valence-electron chi connectivity index (χ1n) is 9.58. The molecule has 27 heavy (non-hydrogen) atoms. The highest BCUT2D eigenvalue weighted by atomic mass is 16.5. The number of ether oxygens (including phenoxy) is 1. The molecule has 1 amide bonds. The van der Waals surface area contributed by atoms with E-state index in [1.807, 2.05) is 54.7 Å². The summed E-state index contributed by atoms with van der Waals surface area (Å²) >= 11 is 0. The van der Waals surface area contributed by atoms with Gasteiger partial charge in [-0.3, -0.25) is 9.78 Å². The Morgan fingerprint density at radius 1 is 1.19 bits per heavy atom. The summed E-state index contributed by atoms with van der Waals surface area (Å²) in [7, 11) is 1.91. The number of nitrogens with two attached hydrogens (primary N) is 1. The Balaban J connectivity index is 1.42. The smallest absolute Gasteiger partial charge is 0.253 e. The van der Waals surface area contributed by atoms with Crippen molar-refractivity contribution < 1.29 is 9.53 Å². The minimum absolute atomic E-state index is 0.0536. The fraction of sp³-hybridized carbons (Fsp3) is 0.429. The van der Waals surface area contributed by atoms with Gasteiger partial charge in [0.1, 0.15) is 5.75 Å². The maximum absolute atomic E-state index is 13.0. The normalized spacial score (nSPS) is 19.9. The second-order valence-electron chi connectivity index (χ2n) is 7.34. The summed E-state index contributed by atoms with van der Waals surface area (Å²) < 4.78 is 5.64. The zero-order valence-corrected chi connectivity index (χ0v) is 15.7.